The molecule has 4 heteroatoms. The molecular formula is C18H26N2O2. The van der Waals surface area contributed by atoms with Gasteiger partial charge >= 0.3 is 0 Å². The van der Waals surface area contributed by atoms with Crippen molar-refractivity contribution in [1.29, 1.82) is 0 Å². The van der Waals surface area contributed by atoms with Crippen LogP contribution in [0.5, 0.6) is 0 Å². The summed E-state index contributed by atoms with van der Waals surface area (Å²) in [6, 6.07) is 8.97. The molecule has 0 aromatic heterocycles. The number of carbonyl (C=O) groups is 1. The summed E-state index contributed by atoms with van der Waals surface area (Å²) in [5.41, 5.74) is 1.93. The standard InChI is InChI=1S/C18H26N2O2/c1-14-12-15-6-2-3-7-16(15)20(14)11-10-19-17(21)13-18(22)8-4-5-9-18/h2-3,6-7,14,22H,4-5,8-13H2,1H3,(H,19,21). The van der Waals surface area contributed by atoms with Gasteiger partial charge in [-0.2, -0.15) is 0 Å². The van der Waals surface area contributed by atoms with E-state index in [-0.39, 0.29) is 12.3 Å². The minimum absolute atomic E-state index is 0.0236. The molecule has 1 aromatic carbocycles. The van der Waals surface area contributed by atoms with Gasteiger partial charge < -0.3 is 15.3 Å². The average molecular weight is 302 g/mol. The van der Waals surface area contributed by atoms with Crippen LogP contribution in [0.3, 0.4) is 0 Å². The van der Waals surface area contributed by atoms with Gasteiger partial charge in [0.1, 0.15) is 0 Å². The fourth-order valence-corrected chi connectivity index (χ4v) is 3.86. The van der Waals surface area contributed by atoms with E-state index in [2.05, 4.69) is 41.4 Å². The minimum atomic E-state index is -0.752. The molecule has 1 amide bonds. The molecule has 1 atom stereocenters. The van der Waals surface area contributed by atoms with Crippen LogP contribution in [0.15, 0.2) is 24.3 Å². The Morgan fingerprint density at radius 3 is 2.86 bits per heavy atom. The number of aliphatic hydroxyl groups is 1. The maximum Gasteiger partial charge on any atom is 0.222 e. The van der Waals surface area contributed by atoms with Crippen molar-refractivity contribution in [2.75, 3.05) is 18.0 Å². The summed E-state index contributed by atoms with van der Waals surface area (Å²) in [6.07, 6.45) is 4.91. The highest BCUT2D eigenvalue weighted by Crippen LogP contribution is 2.32. The summed E-state index contributed by atoms with van der Waals surface area (Å²) >= 11 is 0. The Kier molecular flexibility index (Phi) is 4.39. The fraction of sp³-hybridized carbons (Fsp3) is 0.611. The number of nitrogens with zero attached hydrogens (tertiary/aromatic N) is 1. The molecule has 1 aromatic rings. The molecule has 2 N–H and O–H groups in total. The first-order chi connectivity index (χ1) is 10.6. The smallest absolute Gasteiger partial charge is 0.222 e. The third-order valence-corrected chi connectivity index (χ3v) is 5.05. The van der Waals surface area contributed by atoms with E-state index in [1.54, 1.807) is 0 Å². The molecule has 1 unspecified atom stereocenters. The molecule has 22 heavy (non-hydrogen) atoms. The monoisotopic (exact) mass is 302 g/mol. The van der Waals surface area contributed by atoms with Crippen LogP contribution >= 0.6 is 0 Å². The topological polar surface area (TPSA) is 52.6 Å². The Labute approximate surface area is 132 Å². The van der Waals surface area contributed by atoms with Crippen molar-refractivity contribution in [3.8, 4) is 0 Å². The van der Waals surface area contributed by atoms with Gasteiger partial charge in [-0.15, -0.1) is 0 Å². The van der Waals surface area contributed by atoms with Crippen LogP contribution in [0.4, 0.5) is 5.69 Å². The van der Waals surface area contributed by atoms with E-state index in [1.807, 2.05) is 0 Å². The zero-order valence-electron chi connectivity index (χ0n) is 13.3. The maximum absolute atomic E-state index is 12.0. The van der Waals surface area contributed by atoms with Gasteiger partial charge in [-0.05, 0) is 37.8 Å². The van der Waals surface area contributed by atoms with E-state index in [1.165, 1.54) is 11.3 Å². The highest BCUT2D eigenvalue weighted by Gasteiger charge is 2.33. The SMILES string of the molecule is CC1Cc2ccccc2N1CCNC(=O)CC1(O)CCCC1. The Bertz CT molecular complexity index is 538. The third kappa shape index (κ3) is 3.27. The predicted molar refractivity (Wildman–Crippen MR) is 88.0 cm³/mol. The first-order valence-electron chi connectivity index (χ1n) is 8.41. The summed E-state index contributed by atoms with van der Waals surface area (Å²) in [5.74, 6) is -0.0236. The van der Waals surface area contributed by atoms with Gasteiger partial charge in [0, 0.05) is 24.8 Å². The van der Waals surface area contributed by atoms with Crippen LogP contribution in [0.25, 0.3) is 0 Å². The lowest BCUT2D eigenvalue weighted by Crippen LogP contribution is -2.40. The molecule has 0 spiro atoms. The molecule has 1 fully saturated rings. The highest BCUT2D eigenvalue weighted by atomic mass is 16.3. The van der Waals surface area contributed by atoms with Crippen LogP contribution < -0.4 is 10.2 Å². The number of amides is 1. The average Bonchev–Trinajstić information content (AvgIpc) is 3.03. The van der Waals surface area contributed by atoms with Gasteiger partial charge in [0.15, 0.2) is 0 Å². The fourth-order valence-electron chi connectivity index (χ4n) is 3.86. The number of carbonyl (C=O) groups excluding carboxylic acids is 1. The van der Waals surface area contributed by atoms with E-state index >= 15 is 0 Å². The number of hydrogen-bond acceptors (Lipinski definition) is 3. The molecule has 2 aliphatic rings. The van der Waals surface area contributed by atoms with Crippen molar-refractivity contribution >= 4 is 11.6 Å². The first kappa shape index (κ1) is 15.3. The number of rotatable bonds is 5. The van der Waals surface area contributed by atoms with Crippen molar-refractivity contribution in [3.63, 3.8) is 0 Å². The van der Waals surface area contributed by atoms with Crippen molar-refractivity contribution in [2.24, 2.45) is 0 Å². The van der Waals surface area contributed by atoms with Gasteiger partial charge in [0.05, 0.1) is 12.0 Å². The first-order valence-corrected chi connectivity index (χ1v) is 8.41. The molecule has 120 valence electrons. The zero-order valence-corrected chi connectivity index (χ0v) is 13.3. The molecule has 4 nitrogen and oxygen atoms in total. The number of anilines is 1. The predicted octanol–water partition coefficient (Wildman–Crippen LogP) is 2.25. The van der Waals surface area contributed by atoms with E-state index in [4.69, 9.17) is 0 Å². The van der Waals surface area contributed by atoms with Crippen molar-refractivity contribution in [3.05, 3.63) is 29.8 Å². The minimum Gasteiger partial charge on any atom is -0.389 e. The van der Waals surface area contributed by atoms with Gasteiger partial charge in [0.25, 0.3) is 0 Å². The van der Waals surface area contributed by atoms with Gasteiger partial charge in [-0.3, -0.25) is 4.79 Å². The van der Waals surface area contributed by atoms with Crippen LogP contribution in [0.2, 0.25) is 0 Å². The lowest BCUT2D eigenvalue weighted by atomic mass is 9.98. The number of nitrogens with one attached hydrogen (secondary N) is 1. The maximum atomic E-state index is 12.0. The zero-order chi connectivity index (χ0) is 15.6. The molecule has 0 bridgehead atoms. The van der Waals surface area contributed by atoms with Crippen LogP contribution in [-0.4, -0.2) is 35.7 Å². The molecule has 3 rings (SSSR count). The quantitative estimate of drug-likeness (QED) is 0.877. The molecule has 1 heterocycles. The normalized spacial score (nSPS) is 22.6. The molecule has 0 radical (unpaired) electrons. The van der Waals surface area contributed by atoms with Gasteiger partial charge in [-0.1, -0.05) is 31.0 Å². The van der Waals surface area contributed by atoms with E-state index < -0.39 is 5.60 Å². The lowest BCUT2D eigenvalue weighted by molar-refractivity contribution is -0.125. The number of para-hydroxylation sites is 1. The van der Waals surface area contributed by atoms with Gasteiger partial charge in [0.2, 0.25) is 5.91 Å². The summed E-state index contributed by atoms with van der Waals surface area (Å²) in [4.78, 5) is 14.4. The molecule has 1 saturated carbocycles. The van der Waals surface area contributed by atoms with Crippen molar-refractivity contribution in [1.82, 2.24) is 5.32 Å². The molecule has 0 saturated heterocycles. The van der Waals surface area contributed by atoms with Crippen molar-refractivity contribution in [2.45, 2.75) is 57.1 Å². The second kappa shape index (κ2) is 6.29. The summed E-state index contributed by atoms with van der Waals surface area (Å²) < 4.78 is 0. The molecular weight excluding hydrogens is 276 g/mol. The second-order valence-corrected chi connectivity index (χ2v) is 6.83. The molecule has 1 aliphatic carbocycles. The Balaban J connectivity index is 1.48. The van der Waals surface area contributed by atoms with E-state index in [9.17, 15) is 9.90 Å². The van der Waals surface area contributed by atoms with Crippen molar-refractivity contribution < 1.29 is 9.90 Å². The Morgan fingerprint density at radius 1 is 1.36 bits per heavy atom. The summed E-state index contributed by atoms with van der Waals surface area (Å²) in [6.45, 7) is 3.68. The lowest BCUT2D eigenvalue weighted by Gasteiger charge is -2.26. The van der Waals surface area contributed by atoms with Gasteiger partial charge in [-0.25, -0.2) is 0 Å². The Hall–Kier alpha value is -1.55. The van der Waals surface area contributed by atoms with Crippen LogP contribution in [0, 0.1) is 0 Å². The second-order valence-electron chi connectivity index (χ2n) is 6.83. The number of fused-ring (bicyclic) bond motifs is 1. The Morgan fingerprint density at radius 2 is 2.09 bits per heavy atom. The molecule has 1 aliphatic heterocycles. The van der Waals surface area contributed by atoms with Crippen LogP contribution in [0.1, 0.15) is 44.6 Å². The number of benzene rings is 1. The third-order valence-electron chi connectivity index (χ3n) is 5.05. The van der Waals surface area contributed by atoms with Crippen LogP contribution in [-0.2, 0) is 11.2 Å². The van der Waals surface area contributed by atoms with E-state index in [0.717, 1.165) is 38.6 Å². The summed E-state index contributed by atoms with van der Waals surface area (Å²) in [7, 11) is 0. The number of hydrogen-bond donors (Lipinski definition) is 2. The highest BCUT2D eigenvalue weighted by molar-refractivity contribution is 5.77. The summed E-state index contributed by atoms with van der Waals surface area (Å²) in [5, 5.41) is 13.2. The largest absolute Gasteiger partial charge is 0.389 e. The van der Waals surface area contributed by atoms with E-state index in [0.29, 0.717) is 12.6 Å².